The van der Waals surface area contributed by atoms with Gasteiger partial charge in [0.05, 0.1) is 37.6 Å². The Hall–Kier alpha value is -10.8. The Morgan fingerprint density at radius 1 is 0.456 bits per heavy atom. The molecule has 754 valence electrons. The van der Waals surface area contributed by atoms with Crippen molar-refractivity contribution in [2.75, 3.05) is 45.9 Å². The van der Waals surface area contributed by atoms with Crippen molar-refractivity contribution in [1.29, 1.82) is 0 Å². The number of likely N-dealkylation sites (tertiary alicyclic amines) is 3. The van der Waals surface area contributed by atoms with E-state index in [9.17, 15) is 81.5 Å². The summed E-state index contributed by atoms with van der Waals surface area (Å²) in [6.45, 7) is 57.2. The summed E-state index contributed by atoms with van der Waals surface area (Å²) < 4.78 is 15.6. The highest BCUT2D eigenvalue weighted by Crippen LogP contribution is 2.67. The Labute approximate surface area is 803 Å². The van der Waals surface area contributed by atoms with Gasteiger partial charge in [-0.15, -0.1) is 26.3 Å². The first-order valence-corrected chi connectivity index (χ1v) is 48.5. The maximum absolute atomic E-state index is 14.4. The minimum atomic E-state index is -1.16. The minimum absolute atomic E-state index is 0.0692. The number of ether oxygens (including phenoxy) is 3. The van der Waals surface area contributed by atoms with Crippen molar-refractivity contribution in [2.24, 2.45) is 80.3 Å². The number of allylic oxidation sites excluding steroid dienone is 3. The number of rotatable bonds is 39. The number of piperidine rings is 3. The summed E-state index contributed by atoms with van der Waals surface area (Å²) in [5.41, 5.74) is -1.59. The van der Waals surface area contributed by atoms with Crippen molar-refractivity contribution in [1.82, 2.24) is 73.2 Å². The summed E-state index contributed by atoms with van der Waals surface area (Å²) in [5.74, 6) is -7.92. The quantitative estimate of drug-likeness (QED) is 0.00963. The highest BCUT2D eigenvalue weighted by molar-refractivity contribution is 6.39. The number of urea groups is 2. The van der Waals surface area contributed by atoms with Crippen LogP contribution in [0.3, 0.4) is 0 Å². The molecule has 34 nitrogen and oxygen atoms in total. The number of Topliss-reactive ketones (excluding diaryl/α,β-unsaturated/α-hetero) is 3. The van der Waals surface area contributed by atoms with Gasteiger partial charge in [0.2, 0.25) is 52.8 Å². The van der Waals surface area contributed by atoms with Crippen LogP contribution < -0.4 is 58.5 Å². The number of fused-ring (bicyclic) bond motifs is 6. The predicted octanol–water partition coefficient (Wildman–Crippen LogP) is 8.80. The smallest absolute Gasteiger partial charge is 0.408 e. The highest BCUT2D eigenvalue weighted by Gasteiger charge is 2.73. The van der Waals surface area contributed by atoms with Gasteiger partial charge < -0.3 is 87.4 Å². The second kappa shape index (κ2) is 45.2. The van der Waals surface area contributed by atoms with Gasteiger partial charge in [-0.1, -0.05) is 138 Å². The summed E-state index contributed by atoms with van der Waals surface area (Å²) in [6.07, 6.45) is 13.3. The molecule has 10 rings (SSSR count). The van der Waals surface area contributed by atoms with Crippen molar-refractivity contribution < 1.29 is 95.7 Å². The second-order valence-corrected chi connectivity index (χ2v) is 45.2. The van der Waals surface area contributed by atoms with Crippen LogP contribution in [-0.2, 0) is 94.2 Å². The third-order valence-corrected chi connectivity index (χ3v) is 28.2. The number of benzene rings is 1. The number of ketones is 3. The van der Waals surface area contributed by atoms with E-state index in [0.29, 0.717) is 70.0 Å². The fourth-order valence-corrected chi connectivity index (χ4v) is 20.8. The van der Waals surface area contributed by atoms with Crippen molar-refractivity contribution in [3.05, 3.63) is 86.0 Å². The van der Waals surface area contributed by atoms with Gasteiger partial charge in [-0.05, 0) is 238 Å². The molecule has 9 aliphatic rings. The van der Waals surface area contributed by atoms with E-state index in [4.69, 9.17) is 14.2 Å². The molecule has 18 atom stereocenters. The Bertz CT molecular complexity index is 4630. The van der Waals surface area contributed by atoms with Crippen molar-refractivity contribution >= 4 is 101 Å². The van der Waals surface area contributed by atoms with Gasteiger partial charge in [0.1, 0.15) is 47.5 Å². The third-order valence-electron chi connectivity index (χ3n) is 28.2. The van der Waals surface area contributed by atoms with E-state index in [0.717, 1.165) is 30.4 Å². The number of amides is 14. The molecule has 1 aromatic rings. The normalized spacial score (nSPS) is 24.3. The molecule has 14 amide bonds. The second-order valence-electron chi connectivity index (χ2n) is 45.2. The number of nitrogens with zero attached hydrogens (tertiary/aromatic N) is 3. The molecule has 5 saturated carbocycles. The Morgan fingerprint density at radius 3 is 1.18 bits per heavy atom. The van der Waals surface area contributed by atoms with Gasteiger partial charge in [-0.3, -0.25) is 67.1 Å². The van der Waals surface area contributed by atoms with Gasteiger partial charge in [-0.2, -0.15) is 0 Å². The minimum Gasteiger partial charge on any atom is -0.466 e. The van der Waals surface area contributed by atoms with Gasteiger partial charge in [-0.25, -0.2) is 14.4 Å². The number of esters is 2. The van der Waals surface area contributed by atoms with Crippen LogP contribution >= 0.6 is 0 Å². The molecular weight excluding hydrogens is 1740 g/mol. The van der Waals surface area contributed by atoms with E-state index in [1.807, 2.05) is 100 Å². The number of carbonyl (C=O) groups is 17. The Morgan fingerprint density at radius 2 is 0.831 bits per heavy atom. The highest BCUT2D eigenvalue weighted by atomic mass is 16.6. The topological polar surface area (TPSA) is 460 Å². The molecule has 136 heavy (non-hydrogen) atoms. The van der Waals surface area contributed by atoms with Gasteiger partial charge >= 0.3 is 30.1 Å². The molecule has 0 spiro atoms. The van der Waals surface area contributed by atoms with Crippen LogP contribution in [-0.4, -0.2) is 238 Å². The van der Waals surface area contributed by atoms with E-state index in [1.54, 1.807) is 82.6 Å². The van der Waals surface area contributed by atoms with Crippen LogP contribution in [0.1, 0.15) is 247 Å². The average molecular weight is 1900 g/mol. The monoisotopic (exact) mass is 1900 g/mol. The summed E-state index contributed by atoms with van der Waals surface area (Å²) >= 11 is 0. The molecular formula is C102H156N14O20. The summed E-state index contributed by atoms with van der Waals surface area (Å²) in [6, 6.07) is -1.49. The third kappa shape index (κ3) is 28.5. The number of hydrogen-bond donors (Lipinski definition) is 11. The van der Waals surface area contributed by atoms with E-state index in [-0.39, 0.29) is 146 Å². The first-order valence-electron chi connectivity index (χ1n) is 48.5. The lowest BCUT2D eigenvalue weighted by atomic mass is 9.85. The summed E-state index contributed by atoms with van der Waals surface area (Å²) in [5, 5.41) is 30.3. The first kappa shape index (κ1) is 110. The Balaban J connectivity index is 0.000000251. The molecule has 3 heterocycles. The molecule has 6 unspecified atom stereocenters. The maximum atomic E-state index is 14.4. The van der Waals surface area contributed by atoms with Crippen LogP contribution in [0.5, 0.6) is 0 Å². The largest absolute Gasteiger partial charge is 0.466 e. The molecule has 2 bridgehead atoms. The van der Waals surface area contributed by atoms with Gasteiger partial charge in [0.25, 0.3) is 17.7 Å². The van der Waals surface area contributed by atoms with Crippen LogP contribution in [0.15, 0.2) is 74.9 Å². The van der Waals surface area contributed by atoms with Gasteiger partial charge in [0, 0.05) is 50.8 Å². The Kier molecular flexibility index (Phi) is 36.7. The average Bonchev–Trinajstić information content (AvgIpc) is 1.53. The molecule has 1 aromatic carbocycles. The number of carbonyl (C=O) groups excluding carboxylic acids is 17. The fraction of sp³-hybridized carbons (Fsp3) is 0.696. The lowest BCUT2D eigenvalue weighted by molar-refractivity contribution is -0.155. The fourth-order valence-electron chi connectivity index (χ4n) is 20.8. The summed E-state index contributed by atoms with van der Waals surface area (Å²) in [4.78, 5) is 230. The molecule has 6 aliphatic carbocycles. The predicted molar refractivity (Wildman–Crippen MR) is 513 cm³/mol. The van der Waals surface area contributed by atoms with Crippen molar-refractivity contribution in [3.8, 4) is 0 Å². The number of nitrogens with one attached hydrogen (secondary N) is 11. The van der Waals surface area contributed by atoms with Crippen LogP contribution in [0.4, 0.5) is 14.4 Å². The standard InChI is InChI=1S/C35H48N4O6.C34H53N5O7.C33H55N5O7/c1-8-10-16-25(29(40)31(42)36-17-11-9-2)37-30(41)28-26-24(35(26,6)7)20-39(28)32(43)27(38-33(44)45-34(3,4)5)23-18-21-14-12-13-15-22(21)19-23;1-8-10-11-22(27(41)30(43)35-15-14-24(40)46-9-2)36-29(42)26-25-21(34(25,6)7)18-39(26)31(44)28(33(3,4)5)38-32(45)37-23-17-19-12-13-20(23)16-19;1-13-14-15-20(24(40)27(42)34-17-16-21(39)45-32(8,9)10)35-26(41)23-22-19(33(22,11)12)18-38(23)28(43)25(30(2,3)4)36-29(44)37-31(5,6)7/h8-9,12-15,23-28H,1-2,10-11,16-20H2,3-7H3,(H,36,42)(H,37,41)(H,38,44);8,19-23,25-26,28H,1,9-18H2,2-7H3,(H,35,43)(H,36,42)(H2,37,38,45);13,19-20,22-23,25H,1,14-18H2,2-12H3,(H,34,42)(H,35,41)(H2,36,37,44)/t24-,25?,26-,27-,28-;19?,20?,21-,22?,23?,25-,26-,28+;19-,20?,22-,23-,25+/m000/s1. The zero-order valence-electron chi connectivity index (χ0n) is 84.5. The zero-order valence-corrected chi connectivity index (χ0v) is 84.5. The van der Waals surface area contributed by atoms with E-state index < -0.39 is 159 Å². The van der Waals surface area contributed by atoms with E-state index in [2.05, 4.69) is 112 Å². The lowest BCUT2D eigenvalue weighted by Crippen LogP contribution is -2.62. The molecule has 0 aromatic heterocycles. The molecule has 8 fully saturated rings. The molecule has 34 heteroatoms. The lowest BCUT2D eigenvalue weighted by Gasteiger charge is -2.38. The molecule has 3 aliphatic heterocycles. The van der Waals surface area contributed by atoms with Crippen molar-refractivity contribution in [2.45, 2.75) is 326 Å². The first-order chi connectivity index (χ1) is 63.2. The number of alkyl carbamates (subject to hydrolysis) is 1. The van der Waals surface area contributed by atoms with Crippen LogP contribution in [0.2, 0.25) is 0 Å². The molecule has 0 radical (unpaired) electrons. The van der Waals surface area contributed by atoms with Gasteiger partial charge in [0.15, 0.2) is 0 Å². The molecule has 3 saturated heterocycles. The van der Waals surface area contributed by atoms with Crippen molar-refractivity contribution in [3.63, 3.8) is 0 Å². The van der Waals surface area contributed by atoms with E-state index in [1.165, 1.54) is 11.3 Å². The zero-order chi connectivity index (χ0) is 102. The van der Waals surface area contributed by atoms with Crippen LogP contribution in [0.25, 0.3) is 0 Å². The van der Waals surface area contributed by atoms with E-state index >= 15 is 0 Å². The van der Waals surface area contributed by atoms with Crippen LogP contribution in [0, 0.1) is 80.3 Å². The SMILES string of the molecule is C=CCCC(NC(=O)[C@@H]1[C@@H]2[C@H](CN1C(=O)[C@@H](NC(=O)NC(C)(C)C)C(C)(C)C)C2(C)C)C(=O)C(=O)NCCC(=O)OC(C)(C)C.C=CCCC(NC(=O)[C@@H]1[C@@H]2[C@H](CN1C(=O)[C@@H](NC(=O)NC1CC3CCC1C3)C(C)(C)C)C2(C)C)C(=O)C(=O)NCCC(=O)OCC.C=CCCNC(=O)C(=O)C(CCC=C)NC(=O)[C@@H]1[C@@H]2[C@H](CN1C(=O)[C@@H](NC(=O)OC(C)(C)C)C1Cc3ccccc3C1)C2(C)C. The number of hydrogen-bond acceptors (Lipinski definition) is 20. The maximum Gasteiger partial charge on any atom is 0.408 e. The summed E-state index contributed by atoms with van der Waals surface area (Å²) in [7, 11) is 0. The molecule has 11 N–H and O–H groups in total.